The summed E-state index contributed by atoms with van der Waals surface area (Å²) in [5, 5.41) is 0.869. The monoisotopic (exact) mass is 348 g/mol. The Kier molecular flexibility index (Phi) is 4.55. The van der Waals surface area contributed by atoms with E-state index in [9.17, 15) is 12.8 Å². The van der Waals surface area contributed by atoms with Gasteiger partial charge in [0.2, 0.25) is 0 Å². The minimum Gasteiger partial charge on any atom is -0.263 e. The van der Waals surface area contributed by atoms with E-state index in [2.05, 4.69) is 4.98 Å². The highest BCUT2D eigenvalue weighted by Gasteiger charge is 2.29. The van der Waals surface area contributed by atoms with Gasteiger partial charge in [0.1, 0.15) is 5.82 Å². The summed E-state index contributed by atoms with van der Waals surface area (Å²) < 4.78 is 40.7. The Morgan fingerprint density at radius 3 is 2.52 bits per heavy atom. The smallest absolute Gasteiger partial charge is 0.263 e. The molecule has 0 aliphatic carbocycles. The van der Waals surface area contributed by atoms with Crippen molar-refractivity contribution in [3.8, 4) is 0 Å². The van der Waals surface area contributed by atoms with Crippen LogP contribution in [0.4, 0.5) is 10.1 Å². The number of halogens is 2. The van der Waals surface area contributed by atoms with Crippen LogP contribution in [-0.4, -0.2) is 19.9 Å². The van der Waals surface area contributed by atoms with Crippen LogP contribution in [0.2, 0.25) is 5.02 Å². The lowest BCUT2D eigenvalue weighted by Gasteiger charge is -2.22. The second kappa shape index (κ2) is 5.90. The molecule has 1 heterocycles. The van der Waals surface area contributed by atoms with Gasteiger partial charge in [-0.2, -0.15) is 0 Å². The highest BCUT2D eigenvalue weighted by Crippen LogP contribution is 2.31. The molecular formula is C13H14ClFN2O2S2. The molecule has 0 unspecified atom stereocenters. The average molecular weight is 349 g/mol. The fourth-order valence-corrected chi connectivity index (χ4v) is 5.23. The Morgan fingerprint density at radius 2 is 2.05 bits per heavy atom. The topological polar surface area (TPSA) is 50.3 Å². The Morgan fingerprint density at radius 1 is 1.38 bits per heavy atom. The van der Waals surface area contributed by atoms with Gasteiger partial charge in [0.25, 0.3) is 10.0 Å². The quantitative estimate of drug-likeness (QED) is 0.845. The third kappa shape index (κ3) is 3.04. The lowest BCUT2D eigenvalue weighted by Crippen LogP contribution is -2.31. The lowest BCUT2D eigenvalue weighted by atomic mass is 10.3. The molecule has 2 aromatic rings. The molecule has 0 aliphatic heterocycles. The van der Waals surface area contributed by atoms with Gasteiger partial charge < -0.3 is 0 Å². The van der Waals surface area contributed by atoms with Gasteiger partial charge in [-0.3, -0.25) is 4.31 Å². The van der Waals surface area contributed by atoms with Crippen molar-refractivity contribution in [2.24, 2.45) is 0 Å². The van der Waals surface area contributed by atoms with Crippen LogP contribution in [0.25, 0.3) is 0 Å². The van der Waals surface area contributed by atoms with Crippen molar-refractivity contribution in [3.05, 3.63) is 39.7 Å². The van der Waals surface area contributed by atoms with E-state index in [1.54, 1.807) is 20.8 Å². The van der Waals surface area contributed by atoms with Gasteiger partial charge in [-0.1, -0.05) is 11.6 Å². The number of sulfonamides is 1. The van der Waals surface area contributed by atoms with Crippen LogP contribution in [0.15, 0.2) is 22.4 Å². The normalized spacial score (nSPS) is 11.7. The first-order valence-electron chi connectivity index (χ1n) is 6.19. The first-order chi connectivity index (χ1) is 9.77. The molecule has 0 saturated heterocycles. The predicted octanol–water partition coefficient (Wildman–Crippen LogP) is 3.77. The molecule has 0 saturated carbocycles. The Hall–Kier alpha value is -1.18. The summed E-state index contributed by atoms with van der Waals surface area (Å²) in [6, 6.07) is 3.92. The van der Waals surface area contributed by atoms with Gasteiger partial charge in [-0.25, -0.2) is 17.8 Å². The second-order valence-electron chi connectivity index (χ2n) is 4.37. The fourth-order valence-electron chi connectivity index (χ4n) is 2.01. The van der Waals surface area contributed by atoms with Crippen LogP contribution in [-0.2, 0) is 10.0 Å². The van der Waals surface area contributed by atoms with Crippen LogP contribution in [0.5, 0.6) is 0 Å². The van der Waals surface area contributed by atoms with Crippen molar-refractivity contribution in [3.63, 3.8) is 0 Å². The van der Waals surface area contributed by atoms with E-state index < -0.39 is 15.8 Å². The summed E-state index contributed by atoms with van der Waals surface area (Å²) >= 11 is 6.79. The molecule has 0 atom stereocenters. The highest BCUT2D eigenvalue weighted by molar-refractivity contribution is 7.94. The molecule has 114 valence electrons. The zero-order valence-electron chi connectivity index (χ0n) is 11.7. The molecule has 0 aliphatic rings. The maximum atomic E-state index is 14.0. The summed E-state index contributed by atoms with van der Waals surface area (Å²) in [5.74, 6) is -0.674. The van der Waals surface area contributed by atoms with Gasteiger partial charge in [-0.15, -0.1) is 11.3 Å². The van der Waals surface area contributed by atoms with Crippen molar-refractivity contribution < 1.29 is 12.8 Å². The molecule has 0 amide bonds. The number of rotatable bonds is 4. The zero-order chi connectivity index (χ0) is 15.8. The molecule has 0 spiro atoms. The van der Waals surface area contributed by atoms with E-state index in [4.69, 9.17) is 11.6 Å². The molecular weight excluding hydrogens is 335 g/mol. The fraction of sp³-hybridized carbons (Fsp3) is 0.308. The van der Waals surface area contributed by atoms with E-state index in [0.717, 1.165) is 21.7 Å². The summed E-state index contributed by atoms with van der Waals surface area (Å²) in [5.41, 5.74) is 0.401. The molecule has 4 nitrogen and oxygen atoms in total. The van der Waals surface area contributed by atoms with Crippen molar-refractivity contribution in [2.45, 2.75) is 25.0 Å². The highest BCUT2D eigenvalue weighted by atomic mass is 35.5. The molecule has 1 aromatic carbocycles. The number of nitrogens with zero attached hydrogens (tertiary/aromatic N) is 2. The number of hydrogen-bond donors (Lipinski definition) is 0. The molecule has 2 rings (SSSR count). The van der Waals surface area contributed by atoms with Crippen LogP contribution >= 0.6 is 22.9 Å². The first kappa shape index (κ1) is 16.2. The summed E-state index contributed by atoms with van der Waals surface area (Å²) in [7, 11) is -3.84. The molecule has 0 fully saturated rings. The maximum Gasteiger partial charge on any atom is 0.275 e. The van der Waals surface area contributed by atoms with Crippen LogP contribution in [0, 0.1) is 19.7 Å². The minimum atomic E-state index is -3.84. The summed E-state index contributed by atoms with van der Waals surface area (Å²) in [4.78, 5) is 4.12. The Bertz CT molecular complexity index is 774. The van der Waals surface area contributed by atoms with E-state index in [1.165, 1.54) is 12.1 Å². The Balaban J connectivity index is 2.57. The second-order valence-corrected chi connectivity index (χ2v) is 8.07. The van der Waals surface area contributed by atoms with Crippen molar-refractivity contribution in [1.82, 2.24) is 4.98 Å². The SMILES string of the molecule is CCN(c1ccc(Cl)cc1F)S(=O)(=O)c1sc(C)nc1C. The van der Waals surface area contributed by atoms with Crippen molar-refractivity contribution in [1.29, 1.82) is 0 Å². The number of aromatic nitrogens is 1. The van der Waals surface area contributed by atoms with Gasteiger partial charge in [0.05, 0.1) is 16.4 Å². The Labute approximate surface area is 132 Å². The average Bonchev–Trinajstić information content (AvgIpc) is 2.72. The zero-order valence-corrected chi connectivity index (χ0v) is 14.1. The third-order valence-electron chi connectivity index (χ3n) is 2.85. The van der Waals surface area contributed by atoms with Crippen LogP contribution in [0.1, 0.15) is 17.6 Å². The first-order valence-corrected chi connectivity index (χ1v) is 8.82. The van der Waals surface area contributed by atoms with Gasteiger partial charge in [0.15, 0.2) is 4.21 Å². The maximum absolute atomic E-state index is 14.0. The van der Waals surface area contributed by atoms with E-state index >= 15 is 0 Å². The molecule has 0 N–H and O–H groups in total. The number of benzene rings is 1. The van der Waals surface area contributed by atoms with Gasteiger partial charge >= 0.3 is 0 Å². The molecule has 8 heteroatoms. The van der Waals surface area contributed by atoms with Gasteiger partial charge in [-0.05, 0) is 39.0 Å². The molecule has 0 bridgehead atoms. The van der Waals surface area contributed by atoms with E-state index in [-0.39, 0.29) is 21.5 Å². The van der Waals surface area contributed by atoms with E-state index in [1.807, 2.05) is 0 Å². The summed E-state index contributed by atoms with van der Waals surface area (Å²) in [6.45, 7) is 5.12. The number of anilines is 1. The predicted molar refractivity (Wildman–Crippen MR) is 83.2 cm³/mol. The third-order valence-corrected chi connectivity index (χ3v) is 6.63. The van der Waals surface area contributed by atoms with Crippen LogP contribution < -0.4 is 4.31 Å². The minimum absolute atomic E-state index is 0.0210. The molecule has 0 radical (unpaired) electrons. The molecule has 1 aromatic heterocycles. The van der Waals surface area contributed by atoms with E-state index in [0.29, 0.717) is 10.7 Å². The summed E-state index contributed by atoms with van der Waals surface area (Å²) in [6.07, 6.45) is 0. The number of thiazole rings is 1. The number of aryl methyl sites for hydroxylation is 2. The largest absolute Gasteiger partial charge is 0.275 e. The van der Waals surface area contributed by atoms with Crippen LogP contribution in [0.3, 0.4) is 0 Å². The number of hydrogen-bond acceptors (Lipinski definition) is 4. The molecule has 21 heavy (non-hydrogen) atoms. The van der Waals surface area contributed by atoms with Crippen molar-refractivity contribution in [2.75, 3.05) is 10.8 Å². The standard InChI is InChI=1S/C13H14ClFN2O2S2/c1-4-17(12-6-5-10(14)7-11(12)15)21(18,19)13-8(2)16-9(3)20-13/h5-7H,4H2,1-3H3. The lowest BCUT2D eigenvalue weighted by molar-refractivity contribution is 0.587. The van der Waals surface area contributed by atoms with Gasteiger partial charge in [0, 0.05) is 11.6 Å². The van der Waals surface area contributed by atoms with Crippen molar-refractivity contribution >= 4 is 38.6 Å².